The molecule has 252 valence electrons. The number of carbonyl (C=O) groups is 4. The van der Waals surface area contributed by atoms with Crippen LogP contribution in [0.1, 0.15) is 29.9 Å². The minimum absolute atomic E-state index is 0.0190. The van der Waals surface area contributed by atoms with Crippen LogP contribution in [0.5, 0.6) is 5.75 Å². The van der Waals surface area contributed by atoms with E-state index in [0.29, 0.717) is 32.5 Å². The Labute approximate surface area is 303 Å². The number of rotatable bonds is 4. The molecule has 6 unspecified atom stereocenters. The van der Waals surface area contributed by atoms with Gasteiger partial charge in [0.25, 0.3) is 0 Å². The summed E-state index contributed by atoms with van der Waals surface area (Å²) in [6.07, 6.45) is 2.41. The molecule has 1 N–H and O–H groups in total. The summed E-state index contributed by atoms with van der Waals surface area (Å²) in [6.45, 7) is 0. The van der Waals surface area contributed by atoms with Gasteiger partial charge in [0.15, 0.2) is 0 Å². The van der Waals surface area contributed by atoms with Crippen LogP contribution in [-0.4, -0.2) is 28.7 Å². The third kappa shape index (κ3) is 4.44. The summed E-state index contributed by atoms with van der Waals surface area (Å²) in [5.41, 5.74) is 1.20. The molecule has 0 aromatic heterocycles. The molecule has 2 aliphatic heterocycles. The molecular weight excluding hydrogens is 683 g/mol. The van der Waals surface area contributed by atoms with Gasteiger partial charge in [0.2, 0.25) is 23.6 Å². The van der Waals surface area contributed by atoms with Crippen molar-refractivity contribution >= 4 is 69.0 Å². The molecule has 9 rings (SSSR count). The first kappa shape index (κ1) is 31.7. The van der Waals surface area contributed by atoms with E-state index < -0.39 is 46.8 Å². The highest BCUT2D eigenvalue weighted by atomic mass is 35.5. The minimum Gasteiger partial charge on any atom is -0.508 e. The standard InChI is InChI=1S/C42H30Cl2N2O5/c43-25-14-16-27(17-15-25)45-38(48)31-19-18-30-32(35(31)40(45)50)22-33-39(49)46(28-11-6-10-26(44)21-28)41(51)42(33,24-8-2-1-3-9-24)37(30)36-29-12-5-4-7-23(29)13-20-34(36)47/h1-18,20-21,31-33,35,37,47H,19,22H2. The highest BCUT2D eigenvalue weighted by molar-refractivity contribution is 6.32. The van der Waals surface area contributed by atoms with Gasteiger partial charge in [-0.05, 0) is 83.6 Å². The Morgan fingerprint density at radius 1 is 0.667 bits per heavy atom. The van der Waals surface area contributed by atoms with Crippen LogP contribution in [0, 0.1) is 23.7 Å². The van der Waals surface area contributed by atoms with Gasteiger partial charge >= 0.3 is 0 Å². The fourth-order valence-corrected chi connectivity index (χ4v) is 9.80. The topological polar surface area (TPSA) is 95.0 Å². The van der Waals surface area contributed by atoms with E-state index >= 15 is 9.59 Å². The van der Waals surface area contributed by atoms with Crippen LogP contribution in [0.4, 0.5) is 11.4 Å². The van der Waals surface area contributed by atoms with Crippen LogP contribution in [0.3, 0.4) is 0 Å². The lowest BCUT2D eigenvalue weighted by Crippen LogP contribution is -2.53. The number of carbonyl (C=O) groups excluding carboxylic acids is 4. The normalized spacial score (nSPS) is 27.0. The largest absolute Gasteiger partial charge is 0.508 e. The second-order valence-electron chi connectivity index (χ2n) is 13.8. The van der Waals surface area contributed by atoms with Crippen LogP contribution < -0.4 is 9.80 Å². The SMILES string of the molecule is O=C1C2CC=C3C(CC4C(=O)N(c5cccc(Cl)c5)C(=O)C4(c4ccccc4)C3c3c(O)ccc4ccccc34)C2C(=O)N1c1ccc(Cl)cc1. The van der Waals surface area contributed by atoms with Gasteiger partial charge in [-0.3, -0.25) is 24.1 Å². The van der Waals surface area contributed by atoms with E-state index in [4.69, 9.17) is 23.2 Å². The Morgan fingerprint density at radius 3 is 2.18 bits per heavy atom. The third-order valence-electron chi connectivity index (χ3n) is 11.5. The summed E-state index contributed by atoms with van der Waals surface area (Å²) >= 11 is 12.6. The van der Waals surface area contributed by atoms with Gasteiger partial charge in [0.05, 0.1) is 34.5 Å². The van der Waals surface area contributed by atoms with Crippen LogP contribution in [0.25, 0.3) is 10.8 Å². The molecule has 2 aliphatic carbocycles. The number of phenolic OH excluding ortho intramolecular Hbond substituents is 1. The molecule has 0 radical (unpaired) electrons. The number of amides is 4. The Hall–Kier alpha value is -5.24. The molecule has 9 heteroatoms. The number of aromatic hydroxyl groups is 1. The smallest absolute Gasteiger partial charge is 0.246 e. The van der Waals surface area contributed by atoms with E-state index in [9.17, 15) is 14.7 Å². The molecule has 5 aromatic rings. The van der Waals surface area contributed by atoms with Crippen molar-refractivity contribution in [2.24, 2.45) is 23.7 Å². The monoisotopic (exact) mass is 712 g/mol. The van der Waals surface area contributed by atoms with E-state index in [1.807, 2.05) is 66.7 Å². The summed E-state index contributed by atoms with van der Waals surface area (Å²) in [7, 11) is 0. The average molecular weight is 714 g/mol. The Bertz CT molecular complexity index is 2340. The molecule has 6 atom stereocenters. The van der Waals surface area contributed by atoms with Gasteiger partial charge in [-0.1, -0.05) is 102 Å². The number of allylic oxidation sites excluding steroid dienone is 2. The van der Waals surface area contributed by atoms with Crippen molar-refractivity contribution < 1.29 is 24.3 Å². The molecule has 4 aliphatic rings. The number of hydrogen-bond acceptors (Lipinski definition) is 5. The summed E-state index contributed by atoms with van der Waals surface area (Å²) in [6, 6.07) is 33.7. The fraction of sp³-hybridized carbons (Fsp3) is 0.190. The van der Waals surface area contributed by atoms with E-state index in [1.54, 1.807) is 54.6 Å². The van der Waals surface area contributed by atoms with Crippen molar-refractivity contribution in [3.05, 3.63) is 148 Å². The van der Waals surface area contributed by atoms with Gasteiger partial charge in [0, 0.05) is 21.5 Å². The van der Waals surface area contributed by atoms with E-state index in [1.165, 1.54) is 9.80 Å². The molecule has 2 saturated heterocycles. The first-order valence-corrected chi connectivity index (χ1v) is 17.7. The molecule has 2 heterocycles. The highest BCUT2D eigenvalue weighted by Gasteiger charge is 2.70. The zero-order valence-corrected chi connectivity index (χ0v) is 28.6. The molecule has 3 fully saturated rings. The molecule has 4 amide bonds. The Kier molecular flexibility index (Phi) is 7.25. The number of anilines is 2. The van der Waals surface area contributed by atoms with Crippen molar-refractivity contribution in [1.29, 1.82) is 0 Å². The second kappa shape index (κ2) is 11.7. The molecule has 0 bridgehead atoms. The zero-order valence-electron chi connectivity index (χ0n) is 27.1. The third-order valence-corrected chi connectivity index (χ3v) is 12.0. The predicted molar refractivity (Wildman–Crippen MR) is 196 cm³/mol. The first-order chi connectivity index (χ1) is 24.7. The fourth-order valence-electron chi connectivity index (χ4n) is 9.49. The number of hydrogen-bond donors (Lipinski definition) is 1. The molecule has 5 aromatic carbocycles. The minimum atomic E-state index is -1.50. The maximum atomic E-state index is 15.5. The second-order valence-corrected chi connectivity index (χ2v) is 14.7. The van der Waals surface area contributed by atoms with Gasteiger partial charge in [0.1, 0.15) is 5.75 Å². The van der Waals surface area contributed by atoms with E-state index in [2.05, 4.69) is 0 Å². The molecule has 7 nitrogen and oxygen atoms in total. The Balaban J connectivity index is 1.31. The van der Waals surface area contributed by atoms with Crippen molar-refractivity contribution in [3.63, 3.8) is 0 Å². The van der Waals surface area contributed by atoms with Crippen LogP contribution in [0.15, 0.2) is 127 Å². The molecule has 1 saturated carbocycles. The van der Waals surface area contributed by atoms with Crippen molar-refractivity contribution in [2.75, 3.05) is 9.80 Å². The van der Waals surface area contributed by atoms with Crippen molar-refractivity contribution in [3.8, 4) is 5.75 Å². The van der Waals surface area contributed by atoms with E-state index in [-0.39, 0.29) is 30.4 Å². The maximum Gasteiger partial charge on any atom is 0.246 e. The maximum absolute atomic E-state index is 15.5. The first-order valence-electron chi connectivity index (χ1n) is 16.9. The van der Waals surface area contributed by atoms with Gasteiger partial charge < -0.3 is 5.11 Å². The zero-order chi connectivity index (χ0) is 35.2. The lowest BCUT2D eigenvalue weighted by Gasteiger charge is -2.51. The van der Waals surface area contributed by atoms with Gasteiger partial charge in [-0.2, -0.15) is 0 Å². The summed E-state index contributed by atoms with van der Waals surface area (Å²) in [5.74, 6) is -5.31. The van der Waals surface area contributed by atoms with Crippen LogP contribution in [0.2, 0.25) is 10.0 Å². The lowest BCUT2D eigenvalue weighted by molar-refractivity contribution is -0.127. The number of halogens is 2. The average Bonchev–Trinajstić information content (AvgIpc) is 3.53. The van der Waals surface area contributed by atoms with Crippen LogP contribution >= 0.6 is 23.2 Å². The quantitative estimate of drug-likeness (QED) is 0.150. The number of nitrogens with zero attached hydrogens (tertiary/aromatic N) is 2. The number of phenols is 1. The Morgan fingerprint density at radius 2 is 1.41 bits per heavy atom. The summed E-state index contributed by atoms with van der Waals surface area (Å²) < 4.78 is 0. The number of benzene rings is 5. The van der Waals surface area contributed by atoms with Gasteiger partial charge in [-0.25, -0.2) is 4.90 Å². The van der Waals surface area contributed by atoms with E-state index in [0.717, 1.165) is 16.3 Å². The van der Waals surface area contributed by atoms with Crippen LogP contribution in [-0.2, 0) is 24.6 Å². The predicted octanol–water partition coefficient (Wildman–Crippen LogP) is 8.22. The van der Waals surface area contributed by atoms with Crippen molar-refractivity contribution in [1.82, 2.24) is 0 Å². The lowest BCUT2D eigenvalue weighted by atomic mass is 9.48. The molecular formula is C42H30Cl2N2O5. The summed E-state index contributed by atoms with van der Waals surface area (Å²) in [5, 5.41) is 14.3. The number of fused-ring (bicyclic) bond motifs is 5. The van der Waals surface area contributed by atoms with Gasteiger partial charge in [-0.15, -0.1) is 0 Å². The van der Waals surface area contributed by atoms with Crippen molar-refractivity contribution in [2.45, 2.75) is 24.2 Å². The number of imide groups is 2. The highest BCUT2D eigenvalue weighted by Crippen LogP contribution is 2.66. The molecule has 0 spiro atoms. The molecule has 51 heavy (non-hydrogen) atoms. The summed E-state index contributed by atoms with van der Waals surface area (Å²) in [4.78, 5) is 61.6.